The van der Waals surface area contributed by atoms with Gasteiger partial charge in [0, 0.05) is 6.54 Å². The van der Waals surface area contributed by atoms with Crippen LogP contribution in [0.1, 0.15) is 36.5 Å². The highest BCUT2D eigenvalue weighted by molar-refractivity contribution is 5.97. The van der Waals surface area contributed by atoms with Gasteiger partial charge >= 0.3 is 12.0 Å². The fourth-order valence-electron chi connectivity index (χ4n) is 2.73. The molecule has 0 saturated heterocycles. The molecule has 2 amide bonds. The summed E-state index contributed by atoms with van der Waals surface area (Å²) in [6.07, 6.45) is 3.41. The molecular formula is C15H20N2O4. The molecule has 2 atom stereocenters. The Hall–Kier alpha value is -2.24. The van der Waals surface area contributed by atoms with E-state index in [4.69, 9.17) is 5.11 Å². The van der Waals surface area contributed by atoms with Crippen molar-refractivity contribution in [2.75, 3.05) is 11.9 Å². The van der Waals surface area contributed by atoms with Crippen LogP contribution in [0.2, 0.25) is 0 Å². The number of anilines is 1. The summed E-state index contributed by atoms with van der Waals surface area (Å²) in [5.74, 6) is -0.480. The zero-order chi connectivity index (χ0) is 15.4. The van der Waals surface area contributed by atoms with Gasteiger partial charge in [0.05, 0.1) is 5.69 Å². The highest BCUT2D eigenvalue weighted by Crippen LogP contribution is 2.30. The number of para-hydroxylation sites is 1. The van der Waals surface area contributed by atoms with Crippen LogP contribution in [-0.4, -0.2) is 28.8 Å². The van der Waals surface area contributed by atoms with Crippen molar-refractivity contribution >= 4 is 17.7 Å². The minimum absolute atomic E-state index is 0.0900. The van der Waals surface area contributed by atoms with E-state index < -0.39 is 17.7 Å². The molecule has 6 nitrogen and oxygen atoms in total. The summed E-state index contributed by atoms with van der Waals surface area (Å²) in [4.78, 5) is 22.7. The lowest BCUT2D eigenvalue weighted by molar-refractivity contribution is 0.0693. The summed E-state index contributed by atoms with van der Waals surface area (Å²) in [5, 5.41) is 23.9. The average molecular weight is 292 g/mol. The van der Waals surface area contributed by atoms with Crippen LogP contribution in [0.15, 0.2) is 18.2 Å². The number of nitrogens with one attached hydrogen (secondary N) is 2. The van der Waals surface area contributed by atoms with Crippen LogP contribution in [0.5, 0.6) is 5.75 Å². The quantitative estimate of drug-likeness (QED) is 0.641. The van der Waals surface area contributed by atoms with Crippen molar-refractivity contribution in [3.8, 4) is 5.75 Å². The SMILES string of the molecule is CC1CCC(CNC(=O)Nc2cccc(C(=O)O)c2O)C1. The van der Waals surface area contributed by atoms with Gasteiger partial charge in [-0.3, -0.25) is 0 Å². The fourth-order valence-corrected chi connectivity index (χ4v) is 2.73. The van der Waals surface area contributed by atoms with Gasteiger partial charge in [0.2, 0.25) is 0 Å². The lowest BCUT2D eigenvalue weighted by Gasteiger charge is -2.13. The van der Waals surface area contributed by atoms with E-state index in [2.05, 4.69) is 17.6 Å². The molecule has 0 aliphatic heterocycles. The number of amides is 2. The molecule has 1 saturated carbocycles. The van der Waals surface area contributed by atoms with Crippen molar-refractivity contribution in [3.63, 3.8) is 0 Å². The van der Waals surface area contributed by atoms with Gasteiger partial charge in [-0.1, -0.05) is 19.4 Å². The molecule has 1 aliphatic rings. The standard InChI is InChI=1S/C15H20N2O4/c1-9-5-6-10(7-9)8-16-15(21)17-12-4-2-3-11(13(12)18)14(19)20/h2-4,9-10,18H,5-8H2,1H3,(H,19,20)(H2,16,17,21). The largest absolute Gasteiger partial charge is 0.505 e. The third-order valence-corrected chi connectivity index (χ3v) is 3.87. The number of carbonyl (C=O) groups is 2. The molecule has 114 valence electrons. The van der Waals surface area contributed by atoms with Gasteiger partial charge in [0.1, 0.15) is 5.56 Å². The Balaban J connectivity index is 1.91. The molecule has 0 heterocycles. The molecule has 4 N–H and O–H groups in total. The number of hydrogen-bond acceptors (Lipinski definition) is 3. The van der Waals surface area contributed by atoms with Crippen LogP contribution < -0.4 is 10.6 Å². The first-order chi connectivity index (χ1) is 9.97. The number of carboxylic acid groups (broad SMARTS) is 1. The van der Waals surface area contributed by atoms with Crippen molar-refractivity contribution in [1.29, 1.82) is 0 Å². The van der Waals surface area contributed by atoms with E-state index in [1.165, 1.54) is 24.6 Å². The summed E-state index contributed by atoms with van der Waals surface area (Å²) in [6.45, 7) is 2.80. The van der Waals surface area contributed by atoms with Gasteiger partial charge in [0.15, 0.2) is 5.75 Å². The fraction of sp³-hybridized carbons (Fsp3) is 0.467. The van der Waals surface area contributed by atoms with E-state index in [9.17, 15) is 14.7 Å². The molecule has 21 heavy (non-hydrogen) atoms. The summed E-state index contributed by atoms with van der Waals surface area (Å²) in [7, 11) is 0. The monoisotopic (exact) mass is 292 g/mol. The highest BCUT2D eigenvalue weighted by atomic mass is 16.4. The van der Waals surface area contributed by atoms with Crippen LogP contribution in [0, 0.1) is 11.8 Å². The van der Waals surface area contributed by atoms with Crippen molar-refractivity contribution in [2.24, 2.45) is 11.8 Å². The predicted molar refractivity (Wildman–Crippen MR) is 78.6 cm³/mol. The maximum absolute atomic E-state index is 11.8. The van der Waals surface area contributed by atoms with Gasteiger partial charge in [-0.15, -0.1) is 0 Å². The molecular weight excluding hydrogens is 272 g/mol. The first-order valence-corrected chi connectivity index (χ1v) is 7.07. The first-order valence-electron chi connectivity index (χ1n) is 7.07. The van der Waals surface area contributed by atoms with Crippen LogP contribution in [-0.2, 0) is 0 Å². The van der Waals surface area contributed by atoms with E-state index in [1.54, 1.807) is 0 Å². The van der Waals surface area contributed by atoms with Crippen LogP contribution >= 0.6 is 0 Å². The average Bonchev–Trinajstić information content (AvgIpc) is 2.84. The van der Waals surface area contributed by atoms with E-state index in [0.717, 1.165) is 12.8 Å². The Morgan fingerprint density at radius 2 is 2.10 bits per heavy atom. The van der Waals surface area contributed by atoms with E-state index in [0.29, 0.717) is 18.4 Å². The lowest BCUT2D eigenvalue weighted by Crippen LogP contribution is -2.32. The predicted octanol–water partition coefficient (Wildman–Crippen LogP) is 2.65. The number of urea groups is 1. The summed E-state index contributed by atoms with van der Waals surface area (Å²) < 4.78 is 0. The Kier molecular flexibility index (Phi) is 4.67. The molecule has 0 spiro atoms. The van der Waals surface area contributed by atoms with Crippen LogP contribution in [0.3, 0.4) is 0 Å². The Morgan fingerprint density at radius 3 is 2.71 bits per heavy atom. The van der Waals surface area contributed by atoms with Gasteiger partial charge < -0.3 is 20.8 Å². The minimum Gasteiger partial charge on any atom is -0.505 e. The summed E-state index contributed by atoms with van der Waals surface area (Å²) >= 11 is 0. The van der Waals surface area contributed by atoms with E-state index >= 15 is 0 Å². The van der Waals surface area contributed by atoms with Gasteiger partial charge in [-0.05, 0) is 36.8 Å². The lowest BCUT2D eigenvalue weighted by atomic mass is 10.1. The summed E-state index contributed by atoms with van der Waals surface area (Å²) in [6, 6.07) is 3.77. The molecule has 6 heteroatoms. The maximum Gasteiger partial charge on any atom is 0.339 e. The Bertz CT molecular complexity index is 544. The third kappa shape index (κ3) is 3.87. The molecule has 0 aromatic heterocycles. The maximum atomic E-state index is 11.8. The second kappa shape index (κ2) is 6.47. The topological polar surface area (TPSA) is 98.7 Å². The molecule has 2 rings (SSSR count). The number of rotatable bonds is 4. The van der Waals surface area contributed by atoms with Crippen molar-refractivity contribution in [1.82, 2.24) is 5.32 Å². The number of hydrogen-bond donors (Lipinski definition) is 4. The number of phenols is 1. The zero-order valence-corrected chi connectivity index (χ0v) is 11.9. The smallest absolute Gasteiger partial charge is 0.339 e. The number of carboxylic acids is 1. The van der Waals surface area contributed by atoms with Crippen LogP contribution in [0.25, 0.3) is 0 Å². The molecule has 1 aliphatic carbocycles. The van der Waals surface area contributed by atoms with E-state index in [-0.39, 0.29) is 11.3 Å². The molecule has 1 aromatic carbocycles. The molecule has 1 aromatic rings. The second-order valence-electron chi connectivity index (χ2n) is 5.63. The van der Waals surface area contributed by atoms with Crippen molar-refractivity contribution < 1.29 is 19.8 Å². The highest BCUT2D eigenvalue weighted by Gasteiger charge is 2.21. The van der Waals surface area contributed by atoms with Gasteiger partial charge in [-0.25, -0.2) is 9.59 Å². The molecule has 1 fully saturated rings. The molecule has 2 unspecified atom stereocenters. The molecule has 0 radical (unpaired) electrons. The normalized spacial score (nSPS) is 21.0. The van der Waals surface area contributed by atoms with E-state index in [1.807, 2.05) is 0 Å². The zero-order valence-electron chi connectivity index (χ0n) is 11.9. The van der Waals surface area contributed by atoms with Crippen LogP contribution in [0.4, 0.5) is 10.5 Å². The second-order valence-corrected chi connectivity index (χ2v) is 5.63. The molecule has 0 bridgehead atoms. The van der Waals surface area contributed by atoms with Gasteiger partial charge in [-0.2, -0.15) is 0 Å². The van der Waals surface area contributed by atoms with Gasteiger partial charge in [0.25, 0.3) is 0 Å². The summed E-state index contributed by atoms with van der Waals surface area (Å²) in [5.41, 5.74) is -0.149. The first kappa shape index (κ1) is 15.2. The number of benzene rings is 1. The third-order valence-electron chi connectivity index (χ3n) is 3.87. The Labute approximate surface area is 123 Å². The minimum atomic E-state index is -1.24. The number of carbonyl (C=O) groups excluding carboxylic acids is 1. The van der Waals surface area contributed by atoms with Crippen molar-refractivity contribution in [3.05, 3.63) is 23.8 Å². The van der Waals surface area contributed by atoms with Crippen molar-refractivity contribution in [2.45, 2.75) is 26.2 Å². The Morgan fingerprint density at radius 1 is 1.33 bits per heavy atom. The number of aromatic hydroxyl groups is 1. The number of aromatic carboxylic acids is 1.